The van der Waals surface area contributed by atoms with Crippen molar-refractivity contribution < 1.29 is 9.25 Å². The predicted molar refractivity (Wildman–Crippen MR) is 92.5 cm³/mol. The first-order valence-corrected chi connectivity index (χ1v) is 8.37. The fraction of sp³-hybridized carbons (Fsp3) is 0.111. The molecule has 0 aliphatic carbocycles. The standard InChI is InChI=1S/C18H16N2O2S/c1-23-16-9-7-14(8-10-16)11-20-21-13-18-19-12-17(22-18)15-5-3-2-4-6-15/h2-12H,13H2,1H3/b20-11+. The molecular formula is C18H16N2O2S. The summed E-state index contributed by atoms with van der Waals surface area (Å²) in [6.45, 7) is 0.201. The topological polar surface area (TPSA) is 47.6 Å². The van der Waals surface area contributed by atoms with E-state index in [9.17, 15) is 0 Å². The number of benzene rings is 2. The molecule has 0 aliphatic heterocycles. The van der Waals surface area contributed by atoms with Gasteiger partial charge in [-0.1, -0.05) is 47.6 Å². The zero-order chi connectivity index (χ0) is 15.9. The van der Waals surface area contributed by atoms with E-state index >= 15 is 0 Å². The highest BCUT2D eigenvalue weighted by molar-refractivity contribution is 7.98. The van der Waals surface area contributed by atoms with E-state index in [4.69, 9.17) is 9.25 Å². The van der Waals surface area contributed by atoms with Gasteiger partial charge in [0.15, 0.2) is 12.4 Å². The Morgan fingerprint density at radius 3 is 2.65 bits per heavy atom. The van der Waals surface area contributed by atoms with Crippen LogP contribution in [0.1, 0.15) is 11.5 Å². The highest BCUT2D eigenvalue weighted by atomic mass is 32.2. The van der Waals surface area contributed by atoms with E-state index in [0.717, 1.165) is 16.9 Å². The summed E-state index contributed by atoms with van der Waals surface area (Å²) < 4.78 is 5.64. The van der Waals surface area contributed by atoms with Gasteiger partial charge in [0.2, 0.25) is 5.89 Å². The van der Waals surface area contributed by atoms with E-state index < -0.39 is 0 Å². The average Bonchev–Trinajstić information content (AvgIpc) is 3.09. The molecular weight excluding hydrogens is 308 g/mol. The second-order valence-corrected chi connectivity index (χ2v) is 5.65. The first-order valence-electron chi connectivity index (χ1n) is 7.14. The number of hydrogen-bond acceptors (Lipinski definition) is 5. The lowest BCUT2D eigenvalue weighted by molar-refractivity contribution is 0.113. The minimum atomic E-state index is 0.201. The monoisotopic (exact) mass is 324 g/mol. The van der Waals surface area contributed by atoms with Crippen molar-refractivity contribution >= 4 is 18.0 Å². The smallest absolute Gasteiger partial charge is 0.235 e. The van der Waals surface area contributed by atoms with Crippen LogP contribution in [-0.2, 0) is 11.4 Å². The maximum Gasteiger partial charge on any atom is 0.235 e. The van der Waals surface area contributed by atoms with Gasteiger partial charge in [0.05, 0.1) is 12.4 Å². The number of aromatic nitrogens is 1. The number of hydrogen-bond donors (Lipinski definition) is 0. The van der Waals surface area contributed by atoms with Gasteiger partial charge in [0, 0.05) is 10.5 Å². The Balaban J connectivity index is 1.54. The Hall–Kier alpha value is -2.53. The van der Waals surface area contributed by atoms with Crippen molar-refractivity contribution in [3.8, 4) is 11.3 Å². The SMILES string of the molecule is CSc1ccc(/C=N/OCc2ncc(-c3ccccc3)o2)cc1. The van der Waals surface area contributed by atoms with Gasteiger partial charge < -0.3 is 9.25 Å². The van der Waals surface area contributed by atoms with Crippen LogP contribution in [0.5, 0.6) is 0 Å². The summed E-state index contributed by atoms with van der Waals surface area (Å²) in [7, 11) is 0. The molecule has 4 nitrogen and oxygen atoms in total. The Morgan fingerprint density at radius 1 is 1.13 bits per heavy atom. The van der Waals surface area contributed by atoms with Gasteiger partial charge in [-0.25, -0.2) is 4.98 Å². The summed E-state index contributed by atoms with van der Waals surface area (Å²) in [6.07, 6.45) is 5.41. The molecule has 0 spiro atoms. The van der Waals surface area contributed by atoms with E-state index in [2.05, 4.69) is 10.1 Å². The molecule has 0 bridgehead atoms. The molecule has 3 aromatic rings. The van der Waals surface area contributed by atoms with E-state index in [1.807, 2.05) is 60.9 Å². The minimum absolute atomic E-state index is 0.201. The van der Waals surface area contributed by atoms with Crippen molar-refractivity contribution in [1.82, 2.24) is 4.98 Å². The summed E-state index contributed by atoms with van der Waals surface area (Å²) in [6, 6.07) is 17.9. The third-order valence-electron chi connectivity index (χ3n) is 3.19. The Labute approximate surface area is 139 Å². The van der Waals surface area contributed by atoms with Gasteiger partial charge in [-0.05, 0) is 24.0 Å². The van der Waals surface area contributed by atoms with E-state index in [1.165, 1.54) is 4.90 Å². The highest BCUT2D eigenvalue weighted by Gasteiger charge is 2.05. The lowest BCUT2D eigenvalue weighted by atomic mass is 10.2. The van der Waals surface area contributed by atoms with Crippen LogP contribution in [0, 0.1) is 0 Å². The first kappa shape index (κ1) is 15.4. The summed E-state index contributed by atoms with van der Waals surface area (Å²) in [5.74, 6) is 1.22. The summed E-state index contributed by atoms with van der Waals surface area (Å²) >= 11 is 1.71. The zero-order valence-electron chi connectivity index (χ0n) is 12.7. The highest BCUT2D eigenvalue weighted by Crippen LogP contribution is 2.20. The molecule has 2 aromatic carbocycles. The summed E-state index contributed by atoms with van der Waals surface area (Å²) in [5, 5.41) is 3.94. The Kier molecular flexibility index (Phi) is 5.11. The van der Waals surface area contributed by atoms with Gasteiger partial charge in [-0.3, -0.25) is 0 Å². The second kappa shape index (κ2) is 7.65. The second-order valence-electron chi connectivity index (χ2n) is 4.77. The molecule has 0 radical (unpaired) electrons. The molecule has 1 aromatic heterocycles. The molecule has 0 N–H and O–H groups in total. The zero-order valence-corrected chi connectivity index (χ0v) is 13.5. The number of nitrogens with zero attached hydrogens (tertiary/aromatic N) is 2. The third-order valence-corrected chi connectivity index (χ3v) is 3.94. The summed E-state index contributed by atoms with van der Waals surface area (Å²) in [4.78, 5) is 10.6. The van der Waals surface area contributed by atoms with Crippen LogP contribution in [0.25, 0.3) is 11.3 Å². The van der Waals surface area contributed by atoms with E-state index in [1.54, 1.807) is 24.2 Å². The molecule has 23 heavy (non-hydrogen) atoms. The van der Waals surface area contributed by atoms with Crippen molar-refractivity contribution in [2.24, 2.45) is 5.16 Å². The molecule has 0 atom stereocenters. The fourth-order valence-electron chi connectivity index (χ4n) is 1.99. The maximum absolute atomic E-state index is 5.64. The average molecular weight is 324 g/mol. The fourth-order valence-corrected chi connectivity index (χ4v) is 2.40. The molecule has 0 unspecified atom stereocenters. The molecule has 3 rings (SSSR count). The number of oxazole rings is 1. The quantitative estimate of drug-likeness (QED) is 0.377. The van der Waals surface area contributed by atoms with Gasteiger partial charge in [-0.2, -0.15) is 0 Å². The maximum atomic E-state index is 5.64. The van der Waals surface area contributed by atoms with E-state index in [0.29, 0.717) is 5.89 Å². The van der Waals surface area contributed by atoms with Crippen LogP contribution in [0.3, 0.4) is 0 Å². The molecule has 0 saturated heterocycles. The molecule has 0 fully saturated rings. The van der Waals surface area contributed by atoms with Gasteiger partial charge in [-0.15, -0.1) is 11.8 Å². The molecule has 0 aliphatic rings. The van der Waals surface area contributed by atoms with E-state index in [-0.39, 0.29) is 6.61 Å². The van der Waals surface area contributed by atoms with Crippen LogP contribution in [0.2, 0.25) is 0 Å². The molecule has 116 valence electrons. The molecule has 0 amide bonds. The molecule has 0 saturated carbocycles. The predicted octanol–water partition coefficient (Wildman–Crippen LogP) is 4.61. The number of thioether (sulfide) groups is 1. The van der Waals surface area contributed by atoms with Crippen molar-refractivity contribution in [3.05, 3.63) is 72.2 Å². The van der Waals surface area contributed by atoms with Gasteiger partial charge >= 0.3 is 0 Å². The van der Waals surface area contributed by atoms with Crippen molar-refractivity contribution in [2.75, 3.05) is 6.26 Å². The Morgan fingerprint density at radius 2 is 1.91 bits per heavy atom. The van der Waals surface area contributed by atoms with Crippen molar-refractivity contribution in [1.29, 1.82) is 0 Å². The number of oxime groups is 1. The molecule has 5 heteroatoms. The van der Waals surface area contributed by atoms with Crippen LogP contribution in [0.4, 0.5) is 0 Å². The minimum Gasteiger partial charge on any atom is -0.437 e. The third kappa shape index (κ3) is 4.23. The Bertz CT molecular complexity index is 767. The van der Waals surface area contributed by atoms with Crippen LogP contribution in [0.15, 0.2) is 75.3 Å². The number of rotatable bonds is 6. The van der Waals surface area contributed by atoms with Crippen LogP contribution < -0.4 is 0 Å². The van der Waals surface area contributed by atoms with Gasteiger partial charge in [0.25, 0.3) is 0 Å². The largest absolute Gasteiger partial charge is 0.437 e. The van der Waals surface area contributed by atoms with Crippen LogP contribution >= 0.6 is 11.8 Å². The lowest BCUT2D eigenvalue weighted by Crippen LogP contribution is -1.88. The van der Waals surface area contributed by atoms with Crippen molar-refractivity contribution in [2.45, 2.75) is 11.5 Å². The van der Waals surface area contributed by atoms with Crippen molar-refractivity contribution in [3.63, 3.8) is 0 Å². The summed E-state index contributed by atoms with van der Waals surface area (Å²) in [5.41, 5.74) is 1.98. The lowest BCUT2D eigenvalue weighted by Gasteiger charge is -1.97. The normalized spacial score (nSPS) is 11.0. The molecule has 1 heterocycles. The van der Waals surface area contributed by atoms with Crippen LogP contribution in [-0.4, -0.2) is 17.5 Å². The van der Waals surface area contributed by atoms with Gasteiger partial charge in [0.1, 0.15) is 0 Å². The first-order chi connectivity index (χ1) is 11.3.